The molecule has 2 aromatic rings. The molecule has 0 spiro atoms. The molecule has 0 fully saturated rings. The predicted molar refractivity (Wildman–Crippen MR) is 66.6 cm³/mol. The third-order valence-electron chi connectivity index (χ3n) is 2.30. The van der Waals surface area contributed by atoms with Gasteiger partial charge in [-0.2, -0.15) is 0 Å². The second-order valence-electron chi connectivity index (χ2n) is 3.95. The first-order chi connectivity index (χ1) is 7.66. The number of nitrogens with zero attached hydrogens (tertiary/aromatic N) is 2. The van der Waals surface area contributed by atoms with Gasteiger partial charge in [0.25, 0.3) is 0 Å². The van der Waals surface area contributed by atoms with E-state index in [-0.39, 0.29) is 5.92 Å². The molecule has 16 heavy (non-hydrogen) atoms. The predicted octanol–water partition coefficient (Wildman–Crippen LogP) is 3.92. The monoisotopic (exact) mass is 232 g/mol. The van der Waals surface area contributed by atoms with E-state index in [0.717, 1.165) is 17.1 Å². The van der Waals surface area contributed by atoms with Crippen molar-refractivity contribution in [2.24, 2.45) is 0 Å². The Kier molecular flexibility index (Phi) is 3.20. The highest BCUT2D eigenvalue weighted by molar-refractivity contribution is 6.29. The zero-order chi connectivity index (χ0) is 11.5. The third kappa shape index (κ3) is 2.39. The Bertz CT molecular complexity index is 481. The lowest BCUT2D eigenvalue weighted by molar-refractivity contribution is 0.776. The molecule has 0 atom stereocenters. The average molecular weight is 233 g/mol. The Morgan fingerprint density at radius 3 is 2.38 bits per heavy atom. The molecule has 0 bridgehead atoms. The van der Waals surface area contributed by atoms with Gasteiger partial charge in [0, 0.05) is 17.5 Å². The van der Waals surface area contributed by atoms with Crippen molar-refractivity contribution in [1.82, 2.24) is 9.97 Å². The van der Waals surface area contributed by atoms with Crippen molar-refractivity contribution in [3.63, 3.8) is 0 Å². The van der Waals surface area contributed by atoms with Gasteiger partial charge in [-0.3, -0.25) is 0 Å². The SMILES string of the molecule is CC(C)c1nc(Cl)cc(-c2ccccc2)n1. The maximum absolute atomic E-state index is 5.99. The van der Waals surface area contributed by atoms with E-state index in [1.54, 1.807) is 6.07 Å². The lowest BCUT2D eigenvalue weighted by Crippen LogP contribution is -1.99. The van der Waals surface area contributed by atoms with Crippen molar-refractivity contribution in [1.29, 1.82) is 0 Å². The van der Waals surface area contributed by atoms with Gasteiger partial charge >= 0.3 is 0 Å². The van der Waals surface area contributed by atoms with Crippen molar-refractivity contribution >= 4 is 11.6 Å². The molecular weight excluding hydrogens is 220 g/mol. The molecule has 0 unspecified atom stereocenters. The van der Waals surface area contributed by atoms with Gasteiger partial charge in [-0.1, -0.05) is 55.8 Å². The zero-order valence-corrected chi connectivity index (χ0v) is 10.1. The van der Waals surface area contributed by atoms with Crippen LogP contribution in [0.4, 0.5) is 0 Å². The van der Waals surface area contributed by atoms with E-state index in [1.807, 2.05) is 30.3 Å². The molecule has 0 aliphatic heterocycles. The number of benzene rings is 1. The van der Waals surface area contributed by atoms with Gasteiger partial charge in [-0.05, 0) is 0 Å². The van der Waals surface area contributed by atoms with Crippen LogP contribution < -0.4 is 0 Å². The van der Waals surface area contributed by atoms with Crippen LogP contribution in [0.15, 0.2) is 36.4 Å². The molecule has 1 aromatic carbocycles. The fraction of sp³-hybridized carbons (Fsp3) is 0.231. The van der Waals surface area contributed by atoms with Crippen LogP contribution in [0.2, 0.25) is 5.15 Å². The maximum Gasteiger partial charge on any atom is 0.133 e. The van der Waals surface area contributed by atoms with Gasteiger partial charge in [0.15, 0.2) is 0 Å². The molecule has 0 radical (unpaired) electrons. The zero-order valence-electron chi connectivity index (χ0n) is 9.31. The van der Waals surface area contributed by atoms with Crippen molar-refractivity contribution < 1.29 is 0 Å². The second kappa shape index (κ2) is 4.62. The molecule has 1 heterocycles. The molecule has 0 N–H and O–H groups in total. The molecule has 1 aromatic heterocycles. The summed E-state index contributed by atoms with van der Waals surface area (Å²) in [7, 11) is 0. The van der Waals surface area contributed by atoms with Gasteiger partial charge in [-0.25, -0.2) is 9.97 Å². The van der Waals surface area contributed by atoms with Gasteiger partial charge in [0.05, 0.1) is 5.69 Å². The molecule has 0 saturated heterocycles. The van der Waals surface area contributed by atoms with E-state index >= 15 is 0 Å². The molecule has 82 valence electrons. The number of aromatic nitrogens is 2. The molecule has 2 nitrogen and oxygen atoms in total. The molecular formula is C13H13ClN2. The lowest BCUT2D eigenvalue weighted by atomic mass is 10.1. The smallest absolute Gasteiger partial charge is 0.133 e. The summed E-state index contributed by atoms with van der Waals surface area (Å²) in [5, 5.41) is 0.498. The first kappa shape index (κ1) is 11.1. The second-order valence-corrected chi connectivity index (χ2v) is 4.34. The standard InChI is InChI=1S/C13H13ClN2/c1-9(2)13-15-11(8-12(14)16-13)10-6-4-3-5-7-10/h3-9H,1-2H3. The van der Waals surface area contributed by atoms with E-state index in [4.69, 9.17) is 11.6 Å². The molecule has 0 aliphatic rings. The fourth-order valence-corrected chi connectivity index (χ4v) is 1.64. The summed E-state index contributed by atoms with van der Waals surface area (Å²) in [6, 6.07) is 11.8. The largest absolute Gasteiger partial charge is 0.233 e. The van der Waals surface area contributed by atoms with Gasteiger partial charge < -0.3 is 0 Å². The number of rotatable bonds is 2. The summed E-state index contributed by atoms with van der Waals surface area (Å²) in [4.78, 5) is 8.72. The Balaban J connectivity index is 2.50. The van der Waals surface area contributed by atoms with E-state index in [1.165, 1.54) is 0 Å². The number of halogens is 1. The Morgan fingerprint density at radius 1 is 1.06 bits per heavy atom. The minimum absolute atomic E-state index is 0.279. The average Bonchev–Trinajstić information content (AvgIpc) is 2.29. The van der Waals surface area contributed by atoms with Crippen LogP contribution in [0.5, 0.6) is 0 Å². The summed E-state index contributed by atoms with van der Waals surface area (Å²) in [6.07, 6.45) is 0. The first-order valence-corrected chi connectivity index (χ1v) is 5.64. The van der Waals surface area contributed by atoms with E-state index in [2.05, 4.69) is 23.8 Å². The van der Waals surface area contributed by atoms with E-state index in [0.29, 0.717) is 5.15 Å². The summed E-state index contributed by atoms with van der Waals surface area (Å²) >= 11 is 5.99. The fourth-order valence-electron chi connectivity index (χ4n) is 1.45. The molecule has 2 rings (SSSR count). The molecule has 0 saturated carbocycles. The van der Waals surface area contributed by atoms with Crippen molar-refractivity contribution in [3.05, 3.63) is 47.4 Å². The van der Waals surface area contributed by atoms with Crippen molar-refractivity contribution in [2.45, 2.75) is 19.8 Å². The maximum atomic E-state index is 5.99. The summed E-state index contributed by atoms with van der Waals surface area (Å²) < 4.78 is 0. The Morgan fingerprint density at radius 2 is 1.75 bits per heavy atom. The van der Waals surface area contributed by atoms with Crippen LogP contribution in [0, 0.1) is 0 Å². The Labute approximate surface area is 100 Å². The highest BCUT2D eigenvalue weighted by Gasteiger charge is 2.07. The first-order valence-electron chi connectivity index (χ1n) is 5.26. The minimum atomic E-state index is 0.279. The molecule has 0 aliphatic carbocycles. The van der Waals surface area contributed by atoms with Crippen LogP contribution in [-0.4, -0.2) is 9.97 Å². The van der Waals surface area contributed by atoms with E-state index in [9.17, 15) is 0 Å². The van der Waals surface area contributed by atoms with Crippen LogP contribution in [0.25, 0.3) is 11.3 Å². The highest BCUT2D eigenvalue weighted by Crippen LogP contribution is 2.21. The van der Waals surface area contributed by atoms with Crippen molar-refractivity contribution in [3.8, 4) is 11.3 Å². The van der Waals surface area contributed by atoms with Crippen LogP contribution in [0.1, 0.15) is 25.6 Å². The summed E-state index contributed by atoms with van der Waals surface area (Å²) in [5.74, 6) is 1.06. The van der Waals surface area contributed by atoms with Crippen molar-refractivity contribution in [2.75, 3.05) is 0 Å². The van der Waals surface area contributed by atoms with Crippen LogP contribution in [0.3, 0.4) is 0 Å². The Hall–Kier alpha value is -1.41. The topological polar surface area (TPSA) is 25.8 Å². The summed E-state index contributed by atoms with van der Waals surface area (Å²) in [5.41, 5.74) is 1.94. The molecule has 3 heteroatoms. The van der Waals surface area contributed by atoms with Crippen LogP contribution in [-0.2, 0) is 0 Å². The quantitative estimate of drug-likeness (QED) is 0.734. The van der Waals surface area contributed by atoms with Gasteiger partial charge in [0.1, 0.15) is 11.0 Å². The summed E-state index contributed by atoms with van der Waals surface area (Å²) in [6.45, 7) is 4.11. The third-order valence-corrected chi connectivity index (χ3v) is 2.49. The van der Waals surface area contributed by atoms with Crippen LogP contribution >= 0.6 is 11.6 Å². The highest BCUT2D eigenvalue weighted by atomic mass is 35.5. The normalized spacial score (nSPS) is 10.8. The van der Waals surface area contributed by atoms with Gasteiger partial charge in [0.2, 0.25) is 0 Å². The molecule has 0 amide bonds. The number of hydrogen-bond donors (Lipinski definition) is 0. The van der Waals surface area contributed by atoms with E-state index < -0.39 is 0 Å². The van der Waals surface area contributed by atoms with Gasteiger partial charge in [-0.15, -0.1) is 0 Å². The number of hydrogen-bond acceptors (Lipinski definition) is 2. The lowest BCUT2D eigenvalue weighted by Gasteiger charge is -2.07. The minimum Gasteiger partial charge on any atom is -0.233 e.